The van der Waals surface area contributed by atoms with Crippen LogP contribution in [0.25, 0.3) is 22.2 Å². The van der Waals surface area contributed by atoms with Gasteiger partial charge in [0.25, 0.3) is 5.91 Å². The van der Waals surface area contributed by atoms with Crippen LogP contribution in [-0.2, 0) is 0 Å². The van der Waals surface area contributed by atoms with Crippen LogP contribution in [-0.4, -0.2) is 78.2 Å². The quantitative estimate of drug-likeness (QED) is 0.279. The van der Waals surface area contributed by atoms with Crippen molar-refractivity contribution in [2.45, 2.75) is 65.1 Å². The van der Waals surface area contributed by atoms with E-state index in [-0.39, 0.29) is 23.6 Å². The number of piperidine rings is 1. The number of likely N-dealkylation sites (tertiary alicyclic amines) is 2. The molecule has 2 atom stereocenters. The molecule has 5 heterocycles. The number of anilines is 2. The highest BCUT2D eigenvalue weighted by atomic mass is 19.1. The van der Waals surface area contributed by atoms with Gasteiger partial charge in [0, 0.05) is 54.6 Å². The lowest BCUT2D eigenvalue weighted by molar-refractivity contribution is 0.0168. The number of carbonyl (C=O) groups is 1. The van der Waals surface area contributed by atoms with Crippen molar-refractivity contribution in [2.75, 3.05) is 31.5 Å². The van der Waals surface area contributed by atoms with Crippen molar-refractivity contribution in [2.24, 2.45) is 5.92 Å². The summed E-state index contributed by atoms with van der Waals surface area (Å²) < 4.78 is 32.0. The van der Waals surface area contributed by atoms with Gasteiger partial charge in [-0.2, -0.15) is 0 Å². The minimum absolute atomic E-state index is 0.0271. The van der Waals surface area contributed by atoms with E-state index < -0.39 is 17.2 Å². The lowest BCUT2D eigenvalue weighted by Gasteiger charge is -2.39. The normalized spacial score (nSPS) is 19.2. The molecule has 0 spiro atoms. The molecule has 6 rings (SSSR count). The number of halogens is 2. The third-order valence-electron chi connectivity index (χ3n) is 8.71. The number of carbonyl (C=O) groups excluding carboxylic acids is 1. The summed E-state index contributed by atoms with van der Waals surface area (Å²) >= 11 is 0. The van der Waals surface area contributed by atoms with Gasteiger partial charge in [-0.3, -0.25) is 9.69 Å². The second kappa shape index (κ2) is 11.5. The van der Waals surface area contributed by atoms with Gasteiger partial charge in [-0.1, -0.05) is 0 Å². The predicted octanol–water partition coefficient (Wildman–Crippen LogP) is 5.71. The summed E-state index contributed by atoms with van der Waals surface area (Å²) in [6.07, 6.45) is 4.45. The summed E-state index contributed by atoms with van der Waals surface area (Å²) in [6.45, 7) is 12.5. The first-order valence-corrected chi connectivity index (χ1v) is 15.2. The lowest BCUT2D eigenvalue weighted by Crippen LogP contribution is -2.50. The Morgan fingerprint density at radius 1 is 1.09 bits per heavy atom. The average Bonchev–Trinajstić information content (AvgIpc) is 3.52. The minimum atomic E-state index is -0.740. The molecule has 2 saturated heterocycles. The van der Waals surface area contributed by atoms with Crippen LogP contribution in [0.15, 0.2) is 42.7 Å². The van der Waals surface area contributed by atoms with Crippen molar-refractivity contribution in [3.8, 4) is 11.3 Å². The zero-order valence-electron chi connectivity index (χ0n) is 25.8. The highest BCUT2D eigenvalue weighted by Gasteiger charge is 2.40. The highest BCUT2D eigenvalue weighted by molar-refractivity contribution is 5.94. The number of amides is 1. The Labute approximate surface area is 255 Å². The molecule has 3 aromatic heterocycles. The number of fused-ring (bicyclic) bond motifs is 2. The lowest BCUT2D eigenvalue weighted by atomic mass is 9.92. The predicted molar refractivity (Wildman–Crippen MR) is 166 cm³/mol. The second-order valence-electron chi connectivity index (χ2n) is 13.0. The van der Waals surface area contributed by atoms with Gasteiger partial charge in [0.15, 0.2) is 5.82 Å². The maximum atomic E-state index is 15.1. The molecular formula is C33H39F2N7O2. The number of nitrogens with one attached hydrogen (secondary N) is 1. The van der Waals surface area contributed by atoms with Gasteiger partial charge >= 0.3 is 0 Å². The number of nitrogens with zero attached hydrogens (tertiary/aromatic N) is 6. The first-order valence-electron chi connectivity index (χ1n) is 15.2. The van der Waals surface area contributed by atoms with Gasteiger partial charge in [0.2, 0.25) is 5.95 Å². The third kappa shape index (κ3) is 5.90. The first-order chi connectivity index (χ1) is 20.9. The topological polar surface area (TPSA) is 99.4 Å². The van der Waals surface area contributed by atoms with E-state index in [4.69, 9.17) is 0 Å². The van der Waals surface area contributed by atoms with Crippen LogP contribution in [0.2, 0.25) is 0 Å². The number of hydrogen-bond donors (Lipinski definition) is 2. The smallest absolute Gasteiger partial charge is 0.255 e. The Morgan fingerprint density at radius 2 is 1.89 bits per heavy atom. The van der Waals surface area contributed by atoms with Gasteiger partial charge in [0.1, 0.15) is 17.3 Å². The maximum Gasteiger partial charge on any atom is 0.255 e. The van der Waals surface area contributed by atoms with Gasteiger partial charge in [-0.05, 0) is 90.3 Å². The Morgan fingerprint density at radius 3 is 2.59 bits per heavy atom. The molecule has 2 unspecified atom stereocenters. The summed E-state index contributed by atoms with van der Waals surface area (Å²) in [6, 6.07) is 8.69. The van der Waals surface area contributed by atoms with E-state index in [2.05, 4.69) is 25.2 Å². The fourth-order valence-electron chi connectivity index (χ4n) is 6.92. The van der Waals surface area contributed by atoms with E-state index in [1.54, 1.807) is 24.3 Å². The molecule has 2 aliphatic rings. The number of aromatic nitrogens is 4. The summed E-state index contributed by atoms with van der Waals surface area (Å²) in [5.74, 6) is -0.302. The molecule has 2 N–H and O–H groups in total. The molecule has 0 bridgehead atoms. The van der Waals surface area contributed by atoms with E-state index >= 15 is 4.39 Å². The van der Waals surface area contributed by atoms with Crippen LogP contribution in [0, 0.1) is 24.5 Å². The summed E-state index contributed by atoms with van der Waals surface area (Å²) in [7, 11) is 0. The van der Waals surface area contributed by atoms with Crippen LogP contribution in [0.4, 0.5) is 20.5 Å². The molecule has 44 heavy (non-hydrogen) atoms. The molecule has 9 nitrogen and oxygen atoms in total. The van der Waals surface area contributed by atoms with Gasteiger partial charge in [-0.25, -0.2) is 23.7 Å². The van der Waals surface area contributed by atoms with Gasteiger partial charge in [0.05, 0.1) is 22.9 Å². The SMILES string of the molecule is Cc1cc2c(F)cc(-c3nc(Nc4ccc(C(=O)N5CCC6C(CCN6CC(C)(C)O)C5)cn4)ncc3F)cc2n1C(C)C. The Balaban J connectivity index is 1.15. The number of rotatable bonds is 7. The average molecular weight is 604 g/mol. The number of aliphatic hydroxyl groups is 1. The molecular weight excluding hydrogens is 564 g/mol. The van der Waals surface area contributed by atoms with Crippen LogP contribution < -0.4 is 5.32 Å². The molecule has 4 aromatic rings. The van der Waals surface area contributed by atoms with Crippen molar-refractivity contribution in [3.05, 3.63) is 65.6 Å². The Bertz CT molecular complexity index is 1700. The molecule has 2 aliphatic heterocycles. The Hall–Kier alpha value is -3.96. The maximum absolute atomic E-state index is 15.1. The van der Waals surface area contributed by atoms with Crippen LogP contribution in [0.3, 0.4) is 0 Å². The van der Waals surface area contributed by atoms with Crippen LogP contribution >= 0.6 is 0 Å². The zero-order valence-corrected chi connectivity index (χ0v) is 25.8. The van der Waals surface area contributed by atoms with Crippen LogP contribution in [0.5, 0.6) is 0 Å². The summed E-state index contributed by atoms with van der Waals surface area (Å²) in [4.78, 5) is 30.3. The molecule has 232 valence electrons. The molecule has 0 aliphatic carbocycles. The van der Waals surface area contributed by atoms with Gasteiger partial charge in [-0.15, -0.1) is 0 Å². The van der Waals surface area contributed by atoms with Crippen molar-refractivity contribution >= 4 is 28.6 Å². The molecule has 2 fully saturated rings. The third-order valence-corrected chi connectivity index (χ3v) is 8.71. The molecule has 0 radical (unpaired) electrons. The monoisotopic (exact) mass is 603 g/mol. The molecule has 11 heteroatoms. The Kier molecular flexibility index (Phi) is 7.87. The van der Waals surface area contributed by atoms with Crippen LogP contribution in [0.1, 0.15) is 62.6 Å². The van der Waals surface area contributed by atoms with Crippen molar-refractivity contribution < 1.29 is 18.7 Å². The van der Waals surface area contributed by atoms with E-state index in [0.29, 0.717) is 59.4 Å². The second-order valence-corrected chi connectivity index (χ2v) is 13.0. The van der Waals surface area contributed by atoms with E-state index in [0.717, 1.165) is 31.3 Å². The van der Waals surface area contributed by atoms with E-state index in [9.17, 15) is 14.3 Å². The van der Waals surface area contributed by atoms with Crippen molar-refractivity contribution in [1.29, 1.82) is 0 Å². The number of aryl methyl sites for hydroxylation is 1. The van der Waals surface area contributed by atoms with Crippen molar-refractivity contribution in [1.82, 2.24) is 29.3 Å². The molecule has 1 amide bonds. The fourth-order valence-corrected chi connectivity index (χ4v) is 6.92. The zero-order chi connectivity index (χ0) is 31.3. The number of benzene rings is 1. The largest absolute Gasteiger partial charge is 0.389 e. The molecule has 1 aromatic carbocycles. The van der Waals surface area contributed by atoms with Crippen molar-refractivity contribution in [3.63, 3.8) is 0 Å². The van der Waals surface area contributed by atoms with E-state index in [1.807, 2.05) is 44.1 Å². The number of pyridine rings is 1. The van der Waals surface area contributed by atoms with Gasteiger partial charge < -0.3 is 19.9 Å². The number of β-amino-alcohol motifs (C(OH)–C–C–N with tert-alkyl or cyclic N) is 1. The first kappa shape index (κ1) is 30.1. The molecule has 0 saturated carbocycles. The fraction of sp³-hybridized carbons (Fsp3) is 0.455. The highest BCUT2D eigenvalue weighted by Crippen LogP contribution is 2.34. The summed E-state index contributed by atoms with van der Waals surface area (Å²) in [5.41, 5.74) is 1.61. The summed E-state index contributed by atoms with van der Waals surface area (Å²) in [5, 5.41) is 13.7. The standard InChI is InChI=1S/C33H39F2N7O2/c1-19(2)42-20(3)12-24-25(34)13-23(14-28(24)42)30-26(35)16-37-32(39-30)38-29-7-6-21(15-36-29)31(43)40-11-9-27-22(17-40)8-10-41(27)18-33(4,5)44/h6-7,12-16,19,22,27,44H,8-11,17-18H2,1-5H3,(H,36,37,38,39). The minimum Gasteiger partial charge on any atom is -0.389 e. The number of hydrogen-bond acceptors (Lipinski definition) is 7. The van der Waals surface area contributed by atoms with E-state index in [1.165, 1.54) is 12.3 Å².